The molecule has 2 fully saturated rings. The quantitative estimate of drug-likeness (QED) is 0.482. The highest BCUT2D eigenvalue weighted by molar-refractivity contribution is 8.04. The third-order valence-electron chi connectivity index (χ3n) is 6.46. The van der Waals surface area contributed by atoms with Crippen molar-refractivity contribution in [2.45, 2.75) is 70.1 Å². The van der Waals surface area contributed by atoms with Crippen LogP contribution in [0.1, 0.15) is 64.4 Å². The van der Waals surface area contributed by atoms with Crippen LogP contribution in [0.5, 0.6) is 0 Å². The minimum atomic E-state index is -0.0105. The predicted molar refractivity (Wildman–Crippen MR) is 134 cm³/mol. The molecule has 3 rings (SSSR count). The summed E-state index contributed by atoms with van der Waals surface area (Å²) in [5.74, 6) is 0.138. The van der Waals surface area contributed by atoms with Crippen LogP contribution >= 0.6 is 11.8 Å². The second-order valence-electron chi connectivity index (χ2n) is 9.01. The SMILES string of the molecule is CCCCN(CCCC)CCNC(=O)C1CCC2S/C(=C\c3ccccc3)C(=O)NC2C1. The molecule has 1 saturated heterocycles. The second-order valence-corrected chi connectivity index (χ2v) is 10.3. The molecule has 3 unspecified atom stereocenters. The summed E-state index contributed by atoms with van der Waals surface area (Å²) < 4.78 is 0. The van der Waals surface area contributed by atoms with Crippen LogP contribution in [0.15, 0.2) is 35.2 Å². The molecule has 6 heteroatoms. The first-order valence-corrected chi connectivity index (χ1v) is 13.2. The Bertz CT molecular complexity index is 760. The first-order valence-electron chi connectivity index (χ1n) is 12.3. The van der Waals surface area contributed by atoms with E-state index in [1.165, 1.54) is 25.7 Å². The van der Waals surface area contributed by atoms with Gasteiger partial charge in [-0.1, -0.05) is 57.0 Å². The molecule has 1 saturated carbocycles. The van der Waals surface area contributed by atoms with Gasteiger partial charge in [0, 0.05) is 30.3 Å². The number of thioether (sulfide) groups is 1. The normalized spacial score (nSPS) is 24.3. The van der Waals surface area contributed by atoms with E-state index in [1.54, 1.807) is 11.8 Å². The fourth-order valence-corrected chi connectivity index (χ4v) is 5.80. The van der Waals surface area contributed by atoms with E-state index < -0.39 is 0 Å². The van der Waals surface area contributed by atoms with Gasteiger partial charge in [-0.3, -0.25) is 9.59 Å². The van der Waals surface area contributed by atoms with Gasteiger partial charge in [-0.15, -0.1) is 11.8 Å². The number of unbranched alkanes of at least 4 members (excludes halogenated alkanes) is 2. The lowest BCUT2D eigenvalue weighted by atomic mass is 9.84. The molecule has 2 amide bonds. The number of hydrogen-bond acceptors (Lipinski definition) is 4. The molecule has 0 aromatic heterocycles. The number of fused-ring (bicyclic) bond motifs is 1. The largest absolute Gasteiger partial charge is 0.355 e. The lowest BCUT2D eigenvalue weighted by Crippen LogP contribution is -2.52. The van der Waals surface area contributed by atoms with Crippen molar-refractivity contribution in [3.8, 4) is 0 Å². The number of rotatable bonds is 11. The maximum Gasteiger partial charge on any atom is 0.257 e. The summed E-state index contributed by atoms with van der Waals surface area (Å²) in [7, 11) is 0. The highest BCUT2D eigenvalue weighted by Gasteiger charge is 2.39. The smallest absolute Gasteiger partial charge is 0.257 e. The molecule has 1 aliphatic heterocycles. The van der Waals surface area contributed by atoms with Crippen molar-refractivity contribution in [1.29, 1.82) is 0 Å². The van der Waals surface area contributed by atoms with E-state index in [9.17, 15) is 9.59 Å². The summed E-state index contributed by atoms with van der Waals surface area (Å²) in [6.07, 6.45) is 9.38. The van der Waals surface area contributed by atoms with Crippen LogP contribution in [0.25, 0.3) is 6.08 Å². The average molecular weight is 458 g/mol. The number of hydrogen-bond donors (Lipinski definition) is 2. The zero-order chi connectivity index (χ0) is 22.8. The minimum absolute atomic E-state index is 0.00321. The second kappa shape index (κ2) is 13.0. The zero-order valence-electron chi connectivity index (χ0n) is 19.6. The van der Waals surface area contributed by atoms with Crippen LogP contribution in [0.3, 0.4) is 0 Å². The molecule has 1 aliphatic carbocycles. The monoisotopic (exact) mass is 457 g/mol. The number of nitrogens with zero attached hydrogens (tertiary/aromatic N) is 1. The Balaban J connectivity index is 1.46. The molecular weight excluding hydrogens is 418 g/mol. The van der Waals surface area contributed by atoms with Crippen molar-refractivity contribution >= 4 is 29.7 Å². The van der Waals surface area contributed by atoms with Crippen molar-refractivity contribution in [3.63, 3.8) is 0 Å². The molecule has 2 N–H and O–H groups in total. The summed E-state index contributed by atoms with van der Waals surface area (Å²) in [6, 6.07) is 10.1. The van der Waals surface area contributed by atoms with Crippen molar-refractivity contribution in [3.05, 3.63) is 40.8 Å². The molecule has 32 heavy (non-hydrogen) atoms. The molecule has 1 aromatic rings. The van der Waals surface area contributed by atoms with Crippen LogP contribution in [0.2, 0.25) is 0 Å². The van der Waals surface area contributed by atoms with Gasteiger partial charge in [-0.25, -0.2) is 0 Å². The standard InChI is InChI=1S/C26H39N3O2S/c1-3-5-15-29(16-6-4-2)17-14-27-25(30)21-12-13-23-22(19-21)28-26(31)24(32-23)18-20-10-8-7-9-11-20/h7-11,18,21-23H,3-6,12-17,19H2,1-2H3,(H,27,30)(H,28,31)/b24-18-. The average Bonchev–Trinajstić information content (AvgIpc) is 2.81. The summed E-state index contributed by atoms with van der Waals surface area (Å²) in [5.41, 5.74) is 1.04. The summed E-state index contributed by atoms with van der Waals surface area (Å²) in [4.78, 5) is 28.7. The molecule has 5 nitrogen and oxygen atoms in total. The van der Waals surface area contributed by atoms with Crippen LogP contribution in [0.4, 0.5) is 0 Å². The lowest BCUT2D eigenvalue weighted by Gasteiger charge is -2.39. The highest BCUT2D eigenvalue weighted by Crippen LogP contribution is 2.39. The van der Waals surface area contributed by atoms with Gasteiger partial charge in [0.05, 0.1) is 4.91 Å². The van der Waals surface area contributed by atoms with E-state index in [-0.39, 0.29) is 23.8 Å². The van der Waals surface area contributed by atoms with E-state index in [0.717, 1.165) is 49.4 Å². The van der Waals surface area contributed by atoms with Gasteiger partial charge in [-0.05, 0) is 56.8 Å². The van der Waals surface area contributed by atoms with E-state index in [2.05, 4.69) is 29.4 Å². The fourth-order valence-electron chi connectivity index (χ4n) is 4.51. The molecule has 1 aromatic carbocycles. The Morgan fingerprint density at radius 1 is 1.12 bits per heavy atom. The molecule has 0 spiro atoms. The first-order chi connectivity index (χ1) is 15.6. The van der Waals surface area contributed by atoms with Crippen LogP contribution in [0, 0.1) is 5.92 Å². The molecule has 0 bridgehead atoms. The van der Waals surface area contributed by atoms with Gasteiger partial charge in [-0.2, -0.15) is 0 Å². The molecule has 0 radical (unpaired) electrons. The lowest BCUT2D eigenvalue weighted by molar-refractivity contribution is -0.127. The Hall–Kier alpha value is -1.79. The molecular formula is C26H39N3O2S. The van der Waals surface area contributed by atoms with E-state index in [4.69, 9.17) is 0 Å². The van der Waals surface area contributed by atoms with Crippen molar-refractivity contribution in [2.75, 3.05) is 26.2 Å². The number of amides is 2. The van der Waals surface area contributed by atoms with Gasteiger partial charge >= 0.3 is 0 Å². The number of nitrogens with one attached hydrogen (secondary N) is 2. The number of benzene rings is 1. The maximum absolute atomic E-state index is 12.8. The summed E-state index contributed by atoms with van der Waals surface area (Å²) in [6.45, 7) is 8.30. The first kappa shape index (κ1) is 24.8. The minimum Gasteiger partial charge on any atom is -0.355 e. The van der Waals surface area contributed by atoms with Gasteiger partial charge < -0.3 is 15.5 Å². The Kier molecular flexibility index (Phi) is 10.1. The summed E-state index contributed by atoms with van der Waals surface area (Å²) in [5, 5.41) is 6.70. The van der Waals surface area contributed by atoms with Gasteiger partial charge in [0.2, 0.25) is 5.91 Å². The third-order valence-corrected chi connectivity index (χ3v) is 7.88. The van der Waals surface area contributed by atoms with Crippen molar-refractivity contribution in [1.82, 2.24) is 15.5 Å². The van der Waals surface area contributed by atoms with E-state index in [1.807, 2.05) is 36.4 Å². The van der Waals surface area contributed by atoms with Crippen LogP contribution < -0.4 is 10.6 Å². The number of carbonyl (C=O) groups is 2. The zero-order valence-corrected chi connectivity index (χ0v) is 20.5. The van der Waals surface area contributed by atoms with E-state index >= 15 is 0 Å². The summed E-state index contributed by atoms with van der Waals surface area (Å²) >= 11 is 1.68. The van der Waals surface area contributed by atoms with E-state index in [0.29, 0.717) is 11.8 Å². The van der Waals surface area contributed by atoms with Gasteiger partial charge in [0.1, 0.15) is 0 Å². The van der Waals surface area contributed by atoms with Crippen LogP contribution in [-0.2, 0) is 9.59 Å². The van der Waals surface area contributed by atoms with Gasteiger partial charge in [0.15, 0.2) is 0 Å². The topological polar surface area (TPSA) is 61.4 Å². The molecule has 3 atom stereocenters. The fraction of sp³-hybridized carbons (Fsp3) is 0.615. The molecule has 176 valence electrons. The van der Waals surface area contributed by atoms with Crippen molar-refractivity contribution in [2.24, 2.45) is 5.92 Å². The molecule has 1 heterocycles. The van der Waals surface area contributed by atoms with Crippen molar-refractivity contribution < 1.29 is 9.59 Å². The Morgan fingerprint density at radius 3 is 2.53 bits per heavy atom. The Morgan fingerprint density at radius 2 is 1.84 bits per heavy atom. The maximum atomic E-state index is 12.8. The van der Waals surface area contributed by atoms with Crippen LogP contribution in [-0.4, -0.2) is 54.2 Å². The molecule has 2 aliphatic rings. The third kappa shape index (κ3) is 7.38. The Labute approximate surface area is 197 Å². The predicted octanol–water partition coefficient (Wildman–Crippen LogP) is 4.45. The van der Waals surface area contributed by atoms with Gasteiger partial charge in [0.25, 0.3) is 5.91 Å². The highest BCUT2D eigenvalue weighted by atomic mass is 32.2. The number of carbonyl (C=O) groups excluding carboxylic acids is 2.